The Morgan fingerprint density at radius 2 is 1.86 bits per heavy atom. The van der Waals surface area contributed by atoms with Crippen LogP contribution in [0.15, 0.2) is 53.7 Å². The maximum atomic E-state index is 4.36. The Hall–Kier alpha value is -2.89. The van der Waals surface area contributed by atoms with Crippen LogP contribution in [0.5, 0.6) is 0 Å². The Morgan fingerprint density at radius 3 is 2.59 bits per heavy atom. The van der Waals surface area contributed by atoms with Crippen molar-refractivity contribution in [1.29, 1.82) is 0 Å². The lowest BCUT2D eigenvalue weighted by Gasteiger charge is -2.18. The lowest BCUT2D eigenvalue weighted by Crippen LogP contribution is -2.39. The first kappa shape index (κ1) is 20.8. The van der Waals surface area contributed by atoms with Crippen molar-refractivity contribution in [2.45, 2.75) is 46.1 Å². The van der Waals surface area contributed by atoms with Gasteiger partial charge in [-0.1, -0.05) is 44.2 Å². The number of nitrogens with zero attached hydrogens (tertiary/aromatic N) is 4. The number of nitrogens with one attached hydrogen (secondary N) is 2. The molecule has 0 fully saturated rings. The van der Waals surface area contributed by atoms with E-state index in [-0.39, 0.29) is 6.04 Å². The van der Waals surface area contributed by atoms with Crippen LogP contribution in [0.1, 0.15) is 50.2 Å². The topological polar surface area (TPSA) is 66.6 Å². The normalized spacial score (nSPS) is 13.1. The molecule has 0 radical (unpaired) electrons. The van der Waals surface area contributed by atoms with Crippen molar-refractivity contribution in [3.8, 4) is 0 Å². The Balaban J connectivity index is 1.46. The number of benzene rings is 1. The van der Waals surface area contributed by atoms with Gasteiger partial charge < -0.3 is 10.6 Å². The fourth-order valence-electron chi connectivity index (χ4n) is 3.41. The molecule has 0 amide bonds. The van der Waals surface area contributed by atoms with Gasteiger partial charge in [0.1, 0.15) is 5.82 Å². The largest absolute Gasteiger partial charge is 0.356 e. The monoisotopic (exact) mass is 392 g/mol. The highest BCUT2D eigenvalue weighted by Gasteiger charge is 2.09. The van der Waals surface area contributed by atoms with Crippen molar-refractivity contribution in [3.63, 3.8) is 0 Å². The summed E-state index contributed by atoms with van der Waals surface area (Å²) in [6.45, 7) is 7.48. The predicted molar refractivity (Wildman–Crippen MR) is 119 cm³/mol. The molecule has 0 aliphatic carbocycles. The first-order valence-electron chi connectivity index (χ1n) is 10.4. The van der Waals surface area contributed by atoms with Crippen LogP contribution >= 0.6 is 0 Å². The number of guanidine groups is 1. The molecule has 6 heteroatoms. The summed E-state index contributed by atoms with van der Waals surface area (Å²) in [7, 11) is 1.81. The molecule has 0 spiro atoms. The molecule has 0 saturated carbocycles. The summed E-state index contributed by atoms with van der Waals surface area (Å²) in [5.74, 6) is 2.48. The smallest absolute Gasteiger partial charge is 0.191 e. The van der Waals surface area contributed by atoms with Crippen LogP contribution in [-0.2, 0) is 12.8 Å². The highest BCUT2D eigenvalue weighted by atomic mass is 15.2. The SMILES string of the molecule is CN=C(NCCCc1nnc2ccccn12)NC(C)c1ccc(CC(C)C)cc1. The van der Waals surface area contributed by atoms with Crippen LogP contribution in [0, 0.1) is 5.92 Å². The fraction of sp³-hybridized carbons (Fsp3) is 0.435. The summed E-state index contributed by atoms with van der Waals surface area (Å²) in [5.41, 5.74) is 3.54. The van der Waals surface area contributed by atoms with Crippen LogP contribution in [0.4, 0.5) is 0 Å². The molecule has 0 aliphatic rings. The lowest BCUT2D eigenvalue weighted by molar-refractivity contribution is 0.645. The number of aliphatic imine (C=N–C) groups is 1. The number of hydrogen-bond donors (Lipinski definition) is 2. The van der Waals surface area contributed by atoms with Crippen LogP contribution in [0.2, 0.25) is 0 Å². The number of fused-ring (bicyclic) bond motifs is 1. The van der Waals surface area contributed by atoms with E-state index >= 15 is 0 Å². The zero-order valence-corrected chi connectivity index (χ0v) is 17.9. The van der Waals surface area contributed by atoms with Crippen LogP contribution in [0.25, 0.3) is 5.65 Å². The third-order valence-electron chi connectivity index (χ3n) is 4.95. The molecule has 3 aromatic rings. The maximum absolute atomic E-state index is 4.36. The minimum Gasteiger partial charge on any atom is -0.356 e. The molecule has 29 heavy (non-hydrogen) atoms. The molecular weight excluding hydrogens is 360 g/mol. The summed E-state index contributed by atoms with van der Waals surface area (Å²) in [4.78, 5) is 4.36. The van der Waals surface area contributed by atoms with Gasteiger partial charge >= 0.3 is 0 Å². The lowest BCUT2D eigenvalue weighted by atomic mass is 10.00. The van der Waals surface area contributed by atoms with Gasteiger partial charge in [-0.05, 0) is 48.9 Å². The zero-order chi connectivity index (χ0) is 20.6. The molecule has 0 aliphatic heterocycles. The second-order valence-corrected chi connectivity index (χ2v) is 7.85. The fourth-order valence-corrected chi connectivity index (χ4v) is 3.41. The van der Waals surface area contributed by atoms with Gasteiger partial charge in [0, 0.05) is 26.2 Å². The van der Waals surface area contributed by atoms with Gasteiger partial charge in [-0.25, -0.2) is 0 Å². The first-order valence-corrected chi connectivity index (χ1v) is 10.4. The minimum absolute atomic E-state index is 0.190. The van der Waals surface area contributed by atoms with E-state index in [4.69, 9.17) is 0 Å². The highest BCUT2D eigenvalue weighted by Crippen LogP contribution is 2.15. The Morgan fingerprint density at radius 1 is 1.07 bits per heavy atom. The third kappa shape index (κ3) is 5.79. The van der Waals surface area contributed by atoms with Crippen molar-refractivity contribution in [1.82, 2.24) is 25.2 Å². The molecular formula is C23H32N6. The molecule has 2 heterocycles. The van der Waals surface area contributed by atoms with E-state index in [0.717, 1.165) is 43.2 Å². The Kier molecular flexibility index (Phi) is 7.22. The van der Waals surface area contributed by atoms with Crippen molar-refractivity contribution in [2.24, 2.45) is 10.9 Å². The summed E-state index contributed by atoms with van der Waals surface area (Å²) in [6, 6.07) is 15.0. The predicted octanol–water partition coefficient (Wildman–Crippen LogP) is 3.79. The van der Waals surface area contributed by atoms with Crippen LogP contribution in [0.3, 0.4) is 0 Å². The van der Waals surface area contributed by atoms with Gasteiger partial charge in [0.25, 0.3) is 0 Å². The van der Waals surface area contributed by atoms with Gasteiger partial charge in [0.05, 0.1) is 6.04 Å². The van der Waals surface area contributed by atoms with Gasteiger partial charge in [-0.3, -0.25) is 9.39 Å². The Bertz CT molecular complexity index is 926. The van der Waals surface area contributed by atoms with E-state index in [9.17, 15) is 0 Å². The third-order valence-corrected chi connectivity index (χ3v) is 4.95. The summed E-state index contributed by atoms with van der Waals surface area (Å²) in [5, 5.41) is 15.4. The molecule has 2 aromatic heterocycles. The second-order valence-electron chi connectivity index (χ2n) is 7.85. The summed E-state index contributed by atoms with van der Waals surface area (Å²) < 4.78 is 2.04. The molecule has 6 nitrogen and oxygen atoms in total. The number of aromatic nitrogens is 3. The number of aryl methyl sites for hydroxylation is 1. The summed E-state index contributed by atoms with van der Waals surface area (Å²) in [6.07, 6.45) is 4.94. The van der Waals surface area contributed by atoms with Crippen molar-refractivity contribution >= 4 is 11.6 Å². The molecule has 1 atom stereocenters. The average Bonchev–Trinajstić information content (AvgIpc) is 3.13. The number of hydrogen-bond acceptors (Lipinski definition) is 3. The molecule has 0 bridgehead atoms. The van der Waals surface area contributed by atoms with Crippen molar-refractivity contribution in [3.05, 3.63) is 65.6 Å². The van der Waals surface area contributed by atoms with Crippen molar-refractivity contribution in [2.75, 3.05) is 13.6 Å². The van der Waals surface area contributed by atoms with Gasteiger partial charge in [0.2, 0.25) is 0 Å². The molecule has 154 valence electrons. The molecule has 2 N–H and O–H groups in total. The first-order chi connectivity index (χ1) is 14.1. The van der Waals surface area contributed by atoms with E-state index in [2.05, 4.69) is 70.9 Å². The maximum Gasteiger partial charge on any atom is 0.191 e. The molecule has 1 unspecified atom stereocenters. The molecule has 0 saturated heterocycles. The van der Waals surface area contributed by atoms with Crippen LogP contribution in [-0.4, -0.2) is 34.2 Å². The van der Waals surface area contributed by atoms with Gasteiger partial charge in [0.15, 0.2) is 11.6 Å². The van der Waals surface area contributed by atoms with Gasteiger partial charge in [-0.15, -0.1) is 10.2 Å². The molecule has 1 aromatic carbocycles. The van der Waals surface area contributed by atoms with E-state index in [1.54, 1.807) is 7.05 Å². The van der Waals surface area contributed by atoms with E-state index in [0.29, 0.717) is 5.92 Å². The van der Waals surface area contributed by atoms with Crippen LogP contribution < -0.4 is 10.6 Å². The summed E-state index contributed by atoms with van der Waals surface area (Å²) >= 11 is 0. The van der Waals surface area contributed by atoms with E-state index in [1.165, 1.54) is 11.1 Å². The average molecular weight is 393 g/mol. The minimum atomic E-state index is 0.190. The zero-order valence-electron chi connectivity index (χ0n) is 17.9. The van der Waals surface area contributed by atoms with Crippen molar-refractivity contribution < 1.29 is 0 Å². The standard InChI is InChI=1S/C23H32N6/c1-17(2)16-19-10-12-20(13-11-19)18(3)26-23(24-4)25-14-7-9-22-28-27-21-8-5-6-15-29(21)22/h5-6,8,10-13,15,17-18H,7,9,14,16H2,1-4H3,(H2,24,25,26). The number of pyridine rings is 1. The van der Waals surface area contributed by atoms with E-state index < -0.39 is 0 Å². The Labute approximate surface area is 173 Å². The second kappa shape index (κ2) is 10.0. The number of rotatable bonds is 8. The van der Waals surface area contributed by atoms with Gasteiger partial charge in [-0.2, -0.15) is 0 Å². The molecule has 3 rings (SSSR count). The highest BCUT2D eigenvalue weighted by molar-refractivity contribution is 5.80. The van der Waals surface area contributed by atoms with E-state index in [1.807, 2.05) is 28.8 Å². The quantitative estimate of drug-likeness (QED) is 0.348.